The summed E-state index contributed by atoms with van der Waals surface area (Å²) in [7, 11) is -3.50. The van der Waals surface area contributed by atoms with Crippen molar-refractivity contribution in [3.8, 4) is 0 Å². The van der Waals surface area contributed by atoms with Crippen molar-refractivity contribution in [1.29, 1.82) is 0 Å². The summed E-state index contributed by atoms with van der Waals surface area (Å²) >= 11 is 0. The van der Waals surface area contributed by atoms with E-state index in [1.54, 1.807) is 20.8 Å². The second-order valence-corrected chi connectivity index (χ2v) is 5.85. The van der Waals surface area contributed by atoms with E-state index in [1.165, 1.54) is 0 Å². The molecule has 0 bridgehead atoms. The first-order valence-electron chi connectivity index (χ1n) is 5.60. The Kier molecular flexibility index (Phi) is 7.33. The highest BCUT2D eigenvalue weighted by Crippen LogP contribution is 2.00. The van der Waals surface area contributed by atoms with Crippen molar-refractivity contribution >= 4 is 16.0 Å². The third-order valence-corrected chi connectivity index (χ3v) is 3.46. The lowest BCUT2D eigenvalue weighted by Crippen LogP contribution is -2.36. The number of hydrogen-bond acceptors (Lipinski definition) is 5. The minimum Gasteiger partial charge on any atom is -0.466 e. The van der Waals surface area contributed by atoms with Gasteiger partial charge < -0.3 is 9.84 Å². The standard InChI is InChI=1S/C10H21NO5S/c1-4-16-10(13)5-6-17(14,15)11-8(2)7-9(3)12/h8-9,11-12H,4-7H2,1-3H3. The van der Waals surface area contributed by atoms with Crippen LogP contribution in [0.1, 0.15) is 33.6 Å². The Morgan fingerprint density at radius 1 is 1.41 bits per heavy atom. The molecular formula is C10H21NO5S. The Morgan fingerprint density at radius 3 is 2.47 bits per heavy atom. The molecule has 0 aliphatic rings. The fourth-order valence-corrected chi connectivity index (χ4v) is 2.64. The lowest BCUT2D eigenvalue weighted by Gasteiger charge is -2.15. The van der Waals surface area contributed by atoms with E-state index in [4.69, 9.17) is 5.11 Å². The molecule has 0 spiro atoms. The molecule has 2 atom stereocenters. The van der Waals surface area contributed by atoms with Crippen molar-refractivity contribution < 1.29 is 23.1 Å². The first kappa shape index (κ1) is 16.3. The van der Waals surface area contributed by atoms with Gasteiger partial charge in [-0.25, -0.2) is 13.1 Å². The van der Waals surface area contributed by atoms with Crippen LogP contribution >= 0.6 is 0 Å². The molecule has 2 unspecified atom stereocenters. The molecule has 0 heterocycles. The minimum atomic E-state index is -3.50. The number of sulfonamides is 1. The molecule has 6 nitrogen and oxygen atoms in total. The van der Waals surface area contributed by atoms with Gasteiger partial charge in [0, 0.05) is 6.04 Å². The summed E-state index contributed by atoms with van der Waals surface area (Å²) in [4.78, 5) is 11.0. The molecule has 0 saturated heterocycles. The van der Waals surface area contributed by atoms with Gasteiger partial charge in [0.2, 0.25) is 10.0 Å². The first-order chi connectivity index (χ1) is 7.76. The zero-order valence-electron chi connectivity index (χ0n) is 10.5. The Labute approximate surface area is 102 Å². The van der Waals surface area contributed by atoms with Crippen LogP contribution in [0, 0.1) is 0 Å². The molecule has 0 aromatic heterocycles. The molecule has 102 valence electrons. The summed E-state index contributed by atoms with van der Waals surface area (Å²) in [6.45, 7) is 5.15. The molecule has 0 rings (SSSR count). The second kappa shape index (κ2) is 7.62. The molecular weight excluding hydrogens is 246 g/mol. The van der Waals surface area contributed by atoms with Gasteiger partial charge in [-0.1, -0.05) is 0 Å². The Balaban J connectivity index is 4.08. The Bertz CT molecular complexity index is 326. The van der Waals surface area contributed by atoms with Gasteiger partial charge in [0.1, 0.15) is 0 Å². The van der Waals surface area contributed by atoms with Crippen LogP contribution in [-0.4, -0.2) is 44.0 Å². The van der Waals surface area contributed by atoms with Crippen LogP contribution in [0.2, 0.25) is 0 Å². The number of hydrogen-bond donors (Lipinski definition) is 2. The van der Waals surface area contributed by atoms with Crippen molar-refractivity contribution in [2.45, 2.75) is 45.8 Å². The summed E-state index contributed by atoms with van der Waals surface area (Å²) < 4.78 is 30.1. The quantitative estimate of drug-likeness (QED) is 0.605. The van der Waals surface area contributed by atoms with Crippen molar-refractivity contribution in [2.75, 3.05) is 12.4 Å². The maximum atomic E-state index is 11.5. The number of carbonyl (C=O) groups excluding carboxylic acids is 1. The van der Waals surface area contributed by atoms with Crippen molar-refractivity contribution in [3.05, 3.63) is 0 Å². The predicted molar refractivity (Wildman–Crippen MR) is 63.9 cm³/mol. The van der Waals surface area contributed by atoms with Gasteiger partial charge in [-0.05, 0) is 27.2 Å². The molecule has 2 N–H and O–H groups in total. The van der Waals surface area contributed by atoms with Gasteiger partial charge in [0.25, 0.3) is 0 Å². The highest BCUT2D eigenvalue weighted by Gasteiger charge is 2.17. The number of rotatable bonds is 8. The zero-order valence-corrected chi connectivity index (χ0v) is 11.3. The van der Waals surface area contributed by atoms with E-state index >= 15 is 0 Å². The van der Waals surface area contributed by atoms with Crippen molar-refractivity contribution in [2.24, 2.45) is 0 Å². The molecule has 0 radical (unpaired) electrons. The highest BCUT2D eigenvalue weighted by molar-refractivity contribution is 7.89. The second-order valence-electron chi connectivity index (χ2n) is 3.98. The average Bonchev–Trinajstić information content (AvgIpc) is 2.13. The molecule has 0 amide bonds. The molecule has 0 saturated carbocycles. The van der Waals surface area contributed by atoms with Crippen LogP contribution in [0.15, 0.2) is 0 Å². The van der Waals surface area contributed by atoms with E-state index in [-0.39, 0.29) is 24.8 Å². The summed E-state index contributed by atoms with van der Waals surface area (Å²) in [5.74, 6) is -0.822. The molecule has 0 aliphatic heterocycles. The Hall–Kier alpha value is -0.660. The highest BCUT2D eigenvalue weighted by atomic mass is 32.2. The van der Waals surface area contributed by atoms with Crippen LogP contribution < -0.4 is 4.72 Å². The third-order valence-electron chi connectivity index (χ3n) is 1.96. The van der Waals surface area contributed by atoms with Crippen LogP contribution in [0.4, 0.5) is 0 Å². The molecule has 0 aromatic carbocycles. The van der Waals surface area contributed by atoms with Crippen LogP contribution in [0.5, 0.6) is 0 Å². The third kappa shape index (κ3) is 9.08. The zero-order chi connectivity index (χ0) is 13.5. The summed E-state index contributed by atoms with van der Waals surface area (Å²) in [5.41, 5.74) is 0. The number of esters is 1. The number of aliphatic hydroxyl groups excluding tert-OH is 1. The lowest BCUT2D eigenvalue weighted by molar-refractivity contribution is -0.142. The minimum absolute atomic E-state index is 0.162. The van der Waals surface area contributed by atoms with E-state index in [9.17, 15) is 13.2 Å². The number of carbonyl (C=O) groups is 1. The van der Waals surface area contributed by atoms with Gasteiger partial charge in [0.05, 0.1) is 24.9 Å². The fraction of sp³-hybridized carbons (Fsp3) is 0.900. The van der Waals surface area contributed by atoms with E-state index < -0.39 is 22.1 Å². The van der Waals surface area contributed by atoms with Gasteiger partial charge in [-0.3, -0.25) is 4.79 Å². The fourth-order valence-electron chi connectivity index (χ4n) is 1.38. The smallest absolute Gasteiger partial charge is 0.306 e. The molecule has 0 aliphatic carbocycles. The lowest BCUT2D eigenvalue weighted by atomic mass is 10.2. The molecule has 0 aromatic rings. The maximum absolute atomic E-state index is 11.5. The number of nitrogens with one attached hydrogen (secondary N) is 1. The number of ether oxygens (including phenoxy) is 1. The van der Waals surface area contributed by atoms with Gasteiger partial charge in [-0.2, -0.15) is 0 Å². The van der Waals surface area contributed by atoms with Crippen molar-refractivity contribution in [1.82, 2.24) is 4.72 Å². The van der Waals surface area contributed by atoms with Crippen LogP contribution in [-0.2, 0) is 19.6 Å². The first-order valence-corrected chi connectivity index (χ1v) is 7.25. The van der Waals surface area contributed by atoms with Gasteiger partial charge >= 0.3 is 5.97 Å². The van der Waals surface area contributed by atoms with Crippen LogP contribution in [0.3, 0.4) is 0 Å². The Morgan fingerprint density at radius 2 is 2.00 bits per heavy atom. The van der Waals surface area contributed by atoms with E-state index in [1.807, 2.05) is 0 Å². The van der Waals surface area contributed by atoms with Gasteiger partial charge in [0.15, 0.2) is 0 Å². The van der Waals surface area contributed by atoms with Crippen LogP contribution in [0.25, 0.3) is 0 Å². The molecule has 17 heavy (non-hydrogen) atoms. The topological polar surface area (TPSA) is 92.7 Å². The van der Waals surface area contributed by atoms with E-state index in [2.05, 4.69) is 9.46 Å². The number of aliphatic hydroxyl groups is 1. The molecule has 7 heteroatoms. The maximum Gasteiger partial charge on any atom is 0.306 e. The summed E-state index contributed by atoms with van der Waals surface area (Å²) in [6, 6.07) is -0.359. The van der Waals surface area contributed by atoms with Crippen molar-refractivity contribution in [3.63, 3.8) is 0 Å². The SMILES string of the molecule is CCOC(=O)CCS(=O)(=O)NC(C)CC(C)O. The summed E-state index contributed by atoms with van der Waals surface area (Å²) in [6.07, 6.45) is -0.402. The normalized spacial score (nSPS) is 15.3. The summed E-state index contributed by atoms with van der Waals surface area (Å²) in [5, 5.41) is 9.10. The average molecular weight is 267 g/mol. The van der Waals surface area contributed by atoms with Gasteiger partial charge in [-0.15, -0.1) is 0 Å². The van der Waals surface area contributed by atoms with E-state index in [0.29, 0.717) is 6.42 Å². The molecule has 0 fully saturated rings. The monoisotopic (exact) mass is 267 g/mol. The van der Waals surface area contributed by atoms with E-state index in [0.717, 1.165) is 0 Å². The predicted octanol–water partition coefficient (Wildman–Crippen LogP) is 0.0184. The largest absolute Gasteiger partial charge is 0.466 e.